The number of benzene rings is 2. The normalized spacial score (nSPS) is 20.1. The van der Waals surface area contributed by atoms with E-state index in [1.165, 1.54) is 41.7 Å². The van der Waals surface area contributed by atoms with E-state index in [0.717, 1.165) is 35.1 Å². The van der Waals surface area contributed by atoms with Gasteiger partial charge < -0.3 is 15.2 Å². The van der Waals surface area contributed by atoms with Crippen LogP contribution in [0.3, 0.4) is 0 Å². The van der Waals surface area contributed by atoms with Crippen molar-refractivity contribution in [3.8, 4) is 5.69 Å². The van der Waals surface area contributed by atoms with E-state index in [2.05, 4.69) is 76.4 Å². The van der Waals surface area contributed by atoms with Crippen LogP contribution < -0.4 is 5.73 Å². The first-order chi connectivity index (χ1) is 16.4. The molecule has 2 aliphatic rings. The number of likely N-dealkylation sites (tertiary alicyclic amines) is 1. The average molecular weight is 452 g/mol. The number of allylic oxidation sites excluding steroid dienone is 1. The zero-order valence-corrected chi connectivity index (χ0v) is 19.6. The lowest BCUT2D eigenvalue weighted by molar-refractivity contribution is 0.0995. The largest absolute Gasteiger partial charge is 0.364 e. The summed E-state index contributed by atoms with van der Waals surface area (Å²) >= 11 is 0. The lowest BCUT2D eigenvalue weighted by Gasteiger charge is -2.11. The monoisotopic (exact) mass is 451 g/mol. The highest BCUT2D eigenvalue weighted by molar-refractivity contribution is 5.91. The molecule has 2 N–H and O–H groups in total. The van der Waals surface area contributed by atoms with Gasteiger partial charge in [0.2, 0.25) is 0 Å². The van der Waals surface area contributed by atoms with Crippen LogP contribution in [0.2, 0.25) is 0 Å². The fourth-order valence-corrected chi connectivity index (χ4v) is 5.68. The lowest BCUT2D eigenvalue weighted by atomic mass is 9.98. The number of nitrogens with zero attached hydrogens (tertiary/aromatic N) is 4. The van der Waals surface area contributed by atoms with Gasteiger partial charge in [-0.25, -0.2) is 4.68 Å². The van der Waals surface area contributed by atoms with Crippen molar-refractivity contribution in [2.75, 3.05) is 20.1 Å². The zero-order valence-electron chi connectivity index (χ0n) is 19.6. The number of rotatable bonds is 5. The molecule has 2 atom stereocenters. The first-order valence-electron chi connectivity index (χ1n) is 11.9. The predicted molar refractivity (Wildman–Crippen MR) is 135 cm³/mol. The van der Waals surface area contributed by atoms with Crippen LogP contribution in [0.15, 0.2) is 66.9 Å². The molecule has 1 fully saturated rings. The second kappa shape index (κ2) is 7.99. The van der Waals surface area contributed by atoms with Crippen LogP contribution in [-0.2, 0) is 6.54 Å². The van der Waals surface area contributed by atoms with Crippen molar-refractivity contribution in [1.82, 2.24) is 19.2 Å². The summed E-state index contributed by atoms with van der Waals surface area (Å²) in [7, 11) is 2.23. The van der Waals surface area contributed by atoms with Crippen LogP contribution in [0.1, 0.15) is 33.7 Å². The first-order valence-corrected chi connectivity index (χ1v) is 11.9. The molecular formula is C28H29N5O. The smallest absolute Gasteiger partial charge is 0.269 e. The Morgan fingerprint density at radius 2 is 1.91 bits per heavy atom. The third-order valence-corrected chi connectivity index (χ3v) is 7.39. The Morgan fingerprint density at radius 1 is 1.09 bits per heavy atom. The summed E-state index contributed by atoms with van der Waals surface area (Å²) in [5.74, 6) is 1.01. The Bertz CT molecular complexity index is 1430. The molecule has 2 aromatic carbocycles. The van der Waals surface area contributed by atoms with Crippen molar-refractivity contribution in [1.29, 1.82) is 0 Å². The fraction of sp³-hybridized carbons (Fsp3) is 0.286. The maximum atomic E-state index is 11.5. The van der Waals surface area contributed by atoms with E-state index in [9.17, 15) is 4.79 Å². The van der Waals surface area contributed by atoms with E-state index in [4.69, 9.17) is 5.73 Å². The Kier molecular flexibility index (Phi) is 4.92. The Morgan fingerprint density at radius 3 is 2.65 bits per heavy atom. The second-order valence-corrected chi connectivity index (χ2v) is 9.87. The van der Waals surface area contributed by atoms with Gasteiger partial charge in [0.15, 0.2) is 5.69 Å². The van der Waals surface area contributed by atoms with Crippen molar-refractivity contribution in [2.24, 2.45) is 17.6 Å². The van der Waals surface area contributed by atoms with Gasteiger partial charge in [0.1, 0.15) is 0 Å². The molecule has 34 heavy (non-hydrogen) atoms. The third-order valence-electron chi connectivity index (χ3n) is 7.39. The summed E-state index contributed by atoms with van der Waals surface area (Å²) in [6, 6.07) is 19.2. The van der Waals surface area contributed by atoms with E-state index < -0.39 is 5.91 Å². The van der Waals surface area contributed by atoms with Crippen molar-refractivity contribution in [3.05, 3.63) is 89.4 Å². The number of carbonyl (C=O) groups excluding carboxylic acids is 1. The highest BCUT2D eigenvalue weighted by Crippen LogP contribution is 2.40. The maximum absolute atomic E-state index is 11.5. The van der Waals surface area contributed by atoms with E-state index in [-0.39, 0.29) is 5.69 Å². The topological polar surface area (TPSA) is 69.1 Å². The highest BCUT2D eigenvalue weighted by Gasteiger charge is 2.34. The van der Waals surface area contributed by atoms with Crippen molar-refractivity contribution in [2.45, 2.75) is 19.9 Å². The van der Waals surface area contributed by atoms with Crippen molar-refractivity contribution < 1.29 is 4.79 Å². The summed E-state index contributed by atoms with van der Waals surface area (Å²) in [6.07, 6.45) is 5.84. The van der Waals surface area contributed by atoms with Crippen LogP contribution in [0.4, 0.5) is 0 Å². The minimum atomic E-state index is -0.514. The molecule has 1 aliphatic heterocycles. The number of hydrogen-bond donors (Lipinski definition) is 1. The van der Waals surface area contributed by atoms with Gasteiger partial charge in [0.25, 0.3) is 5.91 Å². The summed E-state index contributed by atoms with van der Waals surface area (Å²) in [5.41, 5.74) is 12.8. The third kappa shape index (κ3) is 3.64. The van der Waals surface area contributed by atoms with Gasteiger partial charge in [-0.05, 0) is 79.3 Å². The number of aromatic nitrogens is 3. The van der Waals surface area contributed by atoms with Gasteiger partial charge in [0, 0.05) is 42.4 Å². The highest BCUT2D eigenvalue weighted by atomic mass is 16.1. The van der Waals surface area contributed by atoms with Crippen LogP contribution in [-0.4, -0.2) is 45.3 Å². The van der Waals surface area contributed by atoms with Crippen LogP contribution >= 0.6 is 0 Å². The van der Waals surface area contributed by atoms with Crippen LogP contribution in [0.5, 0.6) is 0 Å². The molecule has 3 heterocycles. The standard InChI is InChI=1S/C28H29N5O/c1-18-11-26(28(29)34)30-33(18)25-7-8-27-21(14-25)9-10-32(27)15-19-3-5-20(6-4-19)22-12-23-16-31(2)17-24(23)13-22/h3-12,14,23-24H,13,15-17H2,1-2H3,(H2,29,34)/t23?,24-/m1/s1. The number of primary amides is 1. The van der Waals surface area contributed by atoms with Crippen molar-refractivity contribution in [3.63, 3.8) is 0 Å². The number of aryl methyl sites for hydroxylation is 1. The lowest BCUT2D eigenvalue weighted by Crippen LogP contribution is -2.14. The van der Waals surface area contributed by atoms with E-state index in [1.807, 2.05) is 13.0 Å². The van der Waals surface area contributed by atoms with Gasteiger partial charge in [-0.3, -0.25) is 4.79 Å². The number of fused-ring (bicyclic) bond motifs is 2. The van der Waals surface area contributed by atoms with E-state index >= 15 is 0 Å². The molecule has 4 aromatic rings. The maximum Gasteiger partial charge on any atom is 0.269 e. The van der Waals surface area contributed by atoms with Crippen molar-refractivity contribution >= 4 is 22.4 Å². The molecule has 1 aliphatic carbocycles. The Hall–Kier alpha value is -3.64. The summed E-state index contributed by atoms with van der Waals surface area (Å²) in [5, 5.41) is 5.49. The average Bonchev–Trinajstić information content (AvgIpc) is 3.57. The Balaban J connectivity index is 1.21. The molecule has 2 aromatic heterocycles. The number of carbonyl (C=O) groups is 1. The minimum Gasteiger partial charge on any atom is -0.364 e. The molecule has 1 amide bonds. The van der Waals surface area contributed by atoms with E-state index in [1.54, 1.807) is 10.7 Å². The molecule has 6 nitrogen and oxygen atoms in total. The molecular weight excluding hydrogens is 422 g/mol. The zero-order chi connectivity index (χ0) is 23.4. The van der Waals surface area contributed by atoms with Gasteiger partial charge in [-0.1, -0.05) is 30.3 Å². The molecule has 0 bridgehead atoms. The second-order valence-electron chi connectivity index (χ2n) is 9.87. The fourth-order valence-electron chi connectivity index (χ4n) is 5.68. The van der Waals surface area contributed by atoms with Gasteiger partial charge >= 0.3 is 0 Å². The molecule has 0 spiro atoms. The molecule has 1 saturated heterocycles. The van der Waals surface area contributed by atoms with Gasteiger partial charge in [-0.15, -0.1) is 0 Å². The summed E-state index contributed by atoms with van der Waals surface area (Å²) < 4.78 is 4.04. The number of hydrogen-bond acceptors (Lipinski definition) is 3. The number of nitrogens with two attached hydrogens (primary N) is 1. The SMILES string of the molecule is Cc1cc(C(N)=O)nn1-c1ccc2c(ccn2Cc2ccc(C3=CC4CN(C)C[C@H]4C3)cc2)c1. The van der Waals surface area contributed by atoms with E-state index in [0.29, 0.717) is 0 Å². The molecule has 172 valence electrons. The summed E-state index contributed by atoms with van der Waals surface area (Å²) in [4.78, 5) is 13.9. The minimum absolute atomic E-state index is 0.280. The summed E-state index contributed by atoms with van der Waals surface area (Å²) in [6.45, 7) is 5.16. The predicted octanol–water partition coefficient (Wildman–Crippen LogP) is 4.25. The van der Waals surface area contributed by atoms with Crippen LogP contribution in [0, 0.1) is 18.8 Å². The quantitative estimate of drug-likeness (QED) is 0.493. The van der Waals surface area contributed by atoms with Gasteiger partial charge in [0.05, 0.1) is 5.69 Å². The number of amides is 1. The van der Waals surface area contributed by atoms with Gasteiger partial charge in [-0.2, -0.15) is 5.10 Å². The molecule has 6 heteroatoms. The molecule has 0 saturated carbocycles. The molecule has 0 radical (unpaired) electrons. The first kappa shape index (κ1) is 20.9. The molecule has 1 unspecified atom stereocenters. The van der Waals surface area contributed by atoms with Crippen LogP contribution in [0.25, 0.3) is 22.2 Å². The Labute approximate surface area is 199 Å². The molecule has 6 rings (SSSR count).